The Hall–Kier alpha value is -2.81. The summed E-state index contributed by atoms with van der Waals surface area (Å²) < 4.78 is 16.1. The molecule has 1 saturated heterocycles. The number of halogens is 2. The van der Waals surface area contributed by atoms with Crippen LogP contribution in [-0.4, -0.2) is 50.9 Å². The first-order chi connectivity index (χ1) is 13.6. The Kier molecular flexibility index (Phi) is 4.12. The number of aromatic nitrogens is 5. The Labute approximate surface area is 168 Å². The highest BCUT2D eigenvalue weighted by Gasteiger charge is 2.22. The molecule has 9 heteroatoms. The molecule has 1 aliphatic rings. The first-order valence-corrected chi connectivity index (χ1v) is 9.78. The Balaban J connectivity index is 1.38. The maximum absolute atomic E-state index is 13.9. The maximum Gasteiger partial charge on any atom is 0.163 e. The van der Waals surface area contributed by atoms with Gasteiger partial charge in [-0.1, -0.05) is 0 Å². The number of piperazine rings is 1. The standard InChI is InChI=1S/C19H17BrFN7/c1-26-18-13(10-24-26)19(23-11-22-18)28-6-4-27(5-7-28)17-3-2-12-8-14(20)15(21)9-16(12)25-17/h2-3,8-11H,4-7H2,1H3. The average molecular weight is 442 g/mol. The van der Waals surface area contributed by atoms with Crippen LogP contribution in [0, 0.1) is 5.82 Å². The summed E-state index contributed by atoms with van der Waals surface area (Å²) in [5.74, 6) is 1.48. The number of benzene rings is 1. The van der Waals surface area contributed by atoms with Crippen LogP contribution in [0.5, 0.6) is 0 Å². The quantitative estimate of drug-likeness (QED) is 0.476. The van der Waals surface area contributed by atoms with Gasteiger partial charge in [-0.05, 0) is 34.1 Å². The van der Waals surface area contributed by atoms with Crippen molar-refractivity contribution >= 4 is 49.5 Å². The molecule has 4 heterocycles. The summed E-state index contributed by atoms with van der Waals surface area (Å²) in [4.78, 5) is 17.9. The van der Waals surface area contributed by atoms with E-state index in [0.717, 1.165) is 54.2 Å². The van der Waals surface area contributed by atoms with Crippen molar-refractivity contribution in [2.45, 2.75) is 0 Å². The molecule has 3 aromatic heterocycles. The molecule has 0 aliphatic carbocycles. The molecule has 0 N–H and O–H groups in total. The Bertz CT molecular complexity index is 1180. The molecular weight excluding hydrogens is 425 g/mol. The van der Waals surface area contributed by atoms with E-state index in [0.29, 0.717) is 9.99 Å². The third kappa shape index (κ3) is 2.86. The van der Waals surface area contributed by atoms with Gasteiger partial charge in [0.25, 0.3) is 0 Å². The molecule has 1 aliphatic heterocycles. The van der Waals surface area contributed by atoms with Gasteiger partial charge < -0.3 is 9.80 Å². The van der Waals surface area contributed by atoms with E-state index in [9.17, 15) is 4.39 Å². The summed E-state index contributed by atoms with van der Waals surface area (Å²) in [5.41, 5.74) is 1.49. The molecule has 7 nitrogen and oxygen atoms in total. The number of hydrogen-bond acceptors (Lipinski definition) is 6. The topological polar surface area (TPSA) is 63.0 Å². The molecule has 142 valence electrons. The first kappa shape index (κ1) is 17.3. The van der Waals surface area contributed by atoms with Crippen LogP contribution in [0.15, 0.2) is 41.3 Å². The normalized spacial score (nSPS) is 15.0. The van der Waals surface area contributed by atoms with Crippen LogP contribution < -0.4 is 9.80 Å². The van der Waals surface area contributed by atoms with E-state index in [2.05, 4.69) is 45.8 Å². The fourth-order valence-electron chi connectivity index (χ4n) is 3.63. The van der Waals surface area contributed by atoms with Gasteiger partial charge >= 0.3 is 0 Å². The summed E-state index contributed by atoms with van der Waals surface area (Å²) in [6.07, 6.45) is 3.40. The predicted octanol–water partition coefficient (Wildman–Crippen LogP) is 3.14. The van der Waals surface area contributed by atoms with Crippen LogP contribution in [0.3, 0.4) is 0 Å². The second kappa shape index (κ2) is 6.66. The highest BCUT2D eigenvalue weighted by Crippen LogP contribution is 2.27. The Morgan fingerprint density at radius 3 is 2.64 bits per heavy atom. The highest BCUT2D eigenvalue weighted by atomic mass is 79.9. The molecule has 5 rings (SSSR count). The Morgan fingerprint density at radius 2 is 1.82 bits per heavy atom. The lowest BCUT2D eigenvalue weighted by molar-refractivity contribution is 0.622. The zero-order valence-electron chi connectivity index (χ0n) is 15.2. The molecule has 0 radical (unpaired) electrons. The van der Waals surface area contributed by atoms with Crippen LogP contribution in [0.25, 0.3) is 21.9 Å². The van der Waals surface area contributed by atoms with E-state index < -0.39 is 0 Å². The predicted molar refractivity (Wildman–Crippen MR) is 110 cm³/mol. The van der Waals surface area contributed by atoms with Crippen LogP contribution in [0.4, 0.5) is 16.0 Å². The van der Waals surface area contributed by atoms with Crippen molar-refractivity contribution in [2.24, 2.45) is 7.05 Å². The zero-order valence-corrected chi connectivity index (χ0v) is 16.8. The van der Waals surface area contributed by atoms with E-state index in [1.54, 1.807) is 17.1 Å². The molecule has 0 atom stereocenters. The van der Waals surface area contributed by atoms with Gasteiger partial charge in [0.2, 0.25) is 0 Å². The van der Waals surface area contributed by atoms with Crippen molar-refractivity contribution in [3.05, 3.63) is 47.1 Å². The fraction of sp³-hybridized carbons (Fsp3) is 0.263. The summed E-state index contributed by atoms with van der Waals surface area (Å²) >= 11 is 3.22. The number of hydrogen-bond donors (Lipinski definition) is 0. The molecule has 1 aromatic carbocycles. The lowest BCUT2D eigenvalue weighted by Gasteiger charge is -2.36. The fourth-order valence-corrected chi connectivity index (χ4v) is 3.99. The molecule has 0 spiro atoms. The van der Waals surface area contributed by atoms with Gasteiger partial charge in [0.1, 0.15) is 23.8 Å². The highest BCUT2D eigenvalue weighted by molar-refractivity contribution is 9.10. The third-order valence-electron chi connectivity index (χ3n) is 5.13. The van der Waals surface area contributed by atoms with E-state index in [4.69, 9.17) is 0 Å². The third-order valence-corrected chi connectivity index (χ3v) is 5.74. The lowest BCUT2D eigenvalue weighted by atomic mass is 10.2. The molecule has 0 saturated carbocycles. The van der Waals surface area contributed by atoms with Crippen molar-refractivity contribution in [2.75, 3.05) is 36.0 Å². The van der Waals surface area contributed by atoms with Gasteiger partial charge in [0, 0.05) is 44.7 Å². The number of fused-ring (bicyclic) bond motifs is 2. The van der Waals surface area contributed by atoms with Gasteiger partial charge in [0.05, 0.1) is 21.6 Å². The zero-order chi connectivity index (χ0) is 19.3. The average Bonchev–Trinajstić information content (AvgIpc) is 3.10. The first-order valence-electron chi connectivity index (χ1n) is 8.98. The van der Waals surface area contributed by atoms with Crippen molar-refractivity contribution < 1.29 is 4.39 Å². The number of nitrogens with zero attached hydrogens (tertiary/aromatic N) is 7. The van der Waals surface area contributed by atoms with Crippen LogP contribution >= 0.6 is 15.9 Å². The monoisotopic (exact) mass is 441 g/mol. The molecule has 1 fully saturated rings. The minimum absolute atomic E-state index is 0.300. The number of pyridine rings is 1. The molecule has 0 unspecified atom stereocenters. The largest absolute Gasteiger partial charge is 0.353 e. The van der Waals surface area contributed by atoms with Crippen molar-refractivity contribution in [3.63, 3.8) is 0 Å². The SMILES string of the molecule is Cn1ncc2c(N3CCN(c4ccc5cc(Br)c(F)cc5n4)CC3)ncnc21. The van der Waals surface area contributed by atoms with Crippen LogP contribution in [0.1, 0.15) is 0 Å². The minimum atomic E-state index is -0.300. The molecular formula is C19H17BrFN7. The van der Waals surface area contributed by atoms with Gasteiger partial charge in [0.15, 0.2) is 5.65 Å². The van der Waals surface area contributed by atoms with Crippen LogP contribution in [0.2, 0.25) is 0 Å². The van der Waals surface area contributed by atoms with Gasteiger partial charge in [-0.15, -0.1) is 0 Å². The van der Waals surface area contributed by atoms with E-state index in [1.807, 2.05) is 25.4 Å². The van der Waals surface area contributed by atoms with Crippen LogP contribution in [-0.2, 0) is 7.05 Å². The van der Waals surface area contributed by atoms with Crippen molar-refractivity contribution in [3.8, 4) is 0 Å². The molecule has 28 heavy (non-hydrogen) atoms. The summed E-state index contributed by atoms with van der Waals surface area (Å²) in [5, 5.41) is 6.16. The molecule has 4 aromatic rings. The second-order valence-electron chi connectivity index (χ2n) is 6.81. The van der Waals surface area contributed by atoms with Crippen molar-refractivity contribution in [1.82, 2.24) is 24.7 Å². The van der Waals surface area contributed by atoms with E-state index in [1.165, 1.54) is 6.07 Å². The summed E-state index contributed by atoms with van der Waals surface area (Å²) in [6, 6.07) is 7.21. The maximum atomic E-state index is 13.9. The summed E-state index contributed by atoms with van der Waals surface area (Å²) in [7, 11) is 1.88. The molecule has 0 bridgehead atoms. The summed E-state index contributed by atoms with van der Waals surface area (Å²) in [6.45, 7) is 3.25. The van der Waals surface area contributed by atoms with E-state index in [-0.39, 0.29) is 5.82 Å². The number of rotatable bonds is 2. The van der Waals surface area contributed by atoms with Gasteiger partial charge in [-0.3, -0.25) is 4.68 Å². The van der Waals surface area contributed by atoms with Gasteiger partial charge in [-0.2, -0.15) is 5.10 Å². The minimum Gasteiger partial charge on any atom is -0.353 e. The Morgan fingerprint density at radius 1 is 1.04 bits per heavy atom. The molecule has 0 amide bonds. The number of anilines is 2. The van der Waals surface area contributed by atoms with E-state index >= 15 is 0 Å². The number of aryl methyl sites for hydroxylation is 1. The van der Waals surface area contributed by atoms with Gasteiger partial charge in [-0.25, -0.2) is 19.3 Å². The second-order valence-corrected chi connectivity index (χ2v) is 7.66. The van der Waals surface area contributed by atoms with Crippen molar-refractivity contribution in [1.29, 1.82) is 0 Å². The smallest absolute Gasteiger partial charge is 0.163 e. The lowest BCUT2D eigenvalue weighted by Crippen LogP contribution is -2.47.